The number of hydrogen-bond donors (Lipinski definition) is 1. The SMILES string of the molecule is CCCNc1nc(-n2nc(C)nc2C)cc(C(F)(F)F)n1. The highest BCUT2D eigenvalue weighted by Gasteiger charge is 2.34. The Morgan fingerprint density at radius 3 is 2.43 bits per heavy atom. The lowest BCUT2D eigenvalue weighted by Gasteiger charge is -2.11. The molecule has 0 radical (unpaired) electrons. The van der Waals surface area contributed by atoms with Gasteiger partial charge in [-0.2, -0.15) is 22.8 Å². The van der Waals surface area contributed by atoms with E-state index in [0.29, 0.717) is 18.2 Å². The molecule has 0 bridgehead atoms. The summed E-state index contributed by atoms with van der Waals surface area (Å²) in [6, 6.07) is 0.859. The van der Waals surface area contributed by atoms with Gasteiger partial charge < -0.3 is 5.32 Å². The summed E-state index contributed by atoms with van der Waals surface area (Å²) in [6.45, 7) is 5.68. The van der Waals surface area contributed by atoms with Crippen molar-refractivity contribution in [2.24, 2.45) is 0 Å². The number of aryl methyl sites for hydroxylation is 2. The molecule has 2 aromatic heterocycles. The fourth-order valence-corrected chi connectivity index (χ4v) is 1.74. The van der Waals surface area contributed by atoms with E-state index in [-0.39, 0.29) is 11.8 Å². The zero-order valence-electron chi connectivity index (χ0n) is 11.9. The third kappa shape index (κ3) is 3.47. The van der Waals surface area contributed by atoms with Crippen LogP contribution in [0.5, 0.6) is 0 Å². The molecule has 0 spiro atoms. The minimum Gasteiger partial charge on any atom is -0.354 e. The maximum absolute atomic E-state index is 12.9. The van der Waals surface area contributed by atoms with Crippen LogP contribution in [0.15, 0.2) is 6.07 Å². The number of halogens is 3. The molecule has 0 amide bonds. The van der Waals surface area contributed by atoms with Crippen LogP contribution < -0.4 is 5.32 Å². The average Bonchev–Trinajstić information content (AvgIpc) is 2.74. The Bertz CT molecular complexity index is 634. The van der Waals surface area contributed by atoms with Crippen LogP contribution in [0.2, 0.25) is 0 Å². The van der Waals surface area contributed by atoms with E-state index in [4.69, 9.17) is 0 Å². The number of nitrogens with zero attached hydrogens (tertiary/aromatic N) is 5. The van der Waals surface area contributed by atoms with Crippen molar-refractivity contribution in [3.8, 4) is 5.82 Å². The quantitative estimate of drug-likeness (QED) is 0.939. The van der Waals surface area contributed by atoms with Crippen molar-refractivity contribution in [2.45, 2.75) is 33.4 Å². The van der Waals surface area contributed by atoms with Crippen molar-refractivity contribution in [2.75, 3.05) is 11.9 Å². The van der Waals surface area contributed by atoms with Crippen molar-refractivity contribution in [3.63, 3.8) is 0 Å². The third-order valence-corrected chi connectivity index (χ3v) is 2.63. The minimum atomic E-state index is -4.55. The van der Waals surface area contributed by atoms with E-state index in [1.165, 1.54) is 4.68 Å². The summed E-state index contributed by atoms with van der Waals surface area (Å²) in [5.41, 5.74) is -1.02. The van der Waals surface area contributed by atoms with E-state index in [1.807, 2.05) is 6.92 Å². The normalized spacial score (nSPS) is 11.7. The first-order valence-electron chi connectivity index (χ1n) is 6.42. The Morgan fingerprint density at radius 1 is 1.19 bits per heavy atom. The molecule has 0 aliphatic carbocycles. The maximum Gasteiger partial charge on any atom is 0.433 e. The average molecular weight is 300 g/mol. The summed E-state index contributed by atoms with van der Waals surface area (Å²) in [5.74, 6) is 0.881. The Morgan fingerprint density at radius 2 is 1.90 bits per heavy atom. The lowest BCUT2D eigenvalue weighted by atomic mass is 10.3. The standard InChI is InChI=1S/C12H15F3N6/c1-4-5-16-11-18-9(12(13,14)15)6-10(19-11)21-8(3)17-7(2)20-21/h6H,4-5H2,1-3H3,(H,16,18,19). The smallest absolute Gasteiger partial charge is 0.354 e. The van der Waals surface area contributed by atoms with Crippen LogP contribution in [0.1, 0.15) is 30.7 Å². The number of rotatable bonds is 4. The van der Waals surface area contributed by atoms with Gasteiger partial charge in [-0.1, -0.05) is 6.92 Å². The predicted octanol–water partition coefficient (Wildman–Crippen LogP) is 2.51. The Hall–Kier alpha value is -2.19. The van der Waals surface area contributed by atoms with Gasteiger partial charge in [0.1, 0.15) is 11.6 Å². The van der Waals surface area contributed by atoms with Crippen molar-refractivity contribution in [1.82, 2.24) is 24.7 Å². The second-order valence-electron chi connectivity index (χ2n) is 4.48. The van der Waals surface area contributed by atoms with Gasteiger partial charge in [-0.25, -0.2) is 9.97 Å². The van der Waals surface area contributed by atoms with Gasteiger partial charge in [0.05, 0.1) is 0 Å². The fourth-order valence-electron chi connectivity index (χ4n) is 1.74. The van der Waals surface area contributed by atoms with Crippen molar-refractivity contribution in [1.29, 1.82) is 0 Å². The first-order chi connectivity index (χ1) is 9.81. The maximum atomic E-state index is 12.9. The second-order valence-corrected chi connectivity index (χ2v) is 4.48. The minimum absolute atomic E-state index is 0.0361. The van der Waals surface area contributed by atoms with Crippen LogP contribution in [0.3, 0.4) is 0 Å². The number of anilines is 1. The van der Waals surface area contributed by atoms with Gasteiger partial charge in [0.2, 0.25) is 5.95 Å². The van der Waals surface area contributed by atoms with E-state index < -0.39 is 11.9 Å². The molecule has 6 nitrogen and oxygen atoms in total. The summed E-state index contributed by atoms with van der Waals surface area (Å²) in [4.78, 5) is 11.6. The first kappa shape index (κ1) is 15.2. The summed E-state index contributed by atoms with van der Waals surface area (Å²) in [7, 11) is 0. The Labute approximate surface area is 119 Å². The molecule has 0 aliphatic heterocycles. The number of aromatic nitrogens is 5. The number of nitrogens with one attached hydrogen (secondary N) is 1. The molecule has 2 heterocycles. The number of alkyl halides is 3. The van der Waals surface area contributed by atoms with Crippen LogP contribution in [0.25, 0.3) is 5.82 Å². The van der Waals surface area contributed by atoms with Crippen molar-refractivity contribution in [3.05, 3.63) is 23.4 Å². The molecule has 21 heavy (non-hydrogen) atoms. The van der Waals surface area contributed by atoms with Gasteiger partial charge in [0.15, 0.2) is 11.5 Å². The summed E-state index contributed by atoms with van der Waals surface area (Å²) < 4.78 is 40.1. The molecule has 0 atom stereocenters. The largest absolute Gasteiger partial charge is 0.433 e. The van der Waals surface area contributed by atoms with Gasteiger partial charge in [-0.05, 0) is 20.3 Å². The Kier molecular flexibility index (Phi) is 4.10. The topological polar surface area (TPSA) is 68.5 Å². The van der Waals surface area contributed by atoms with Crippen LogP contribution in [-0.4, -0.2) is 31.3 Å². The molecule has 0 saturated heterocycles. The molecule has 114 valence electrons. The van der Waals surface area contributed by atoms with Crippen LogP contribution in [0, 0.1) is 13.8 Å². The fraction of sp³-hybridized carbons (Fsp3) is 0.500. The van der Waals surface area contributed by atoms with Gasteiger partial charge >= 0.3 is 6.18 Å². The molecule has 1 N–H and O–H groups in total. The summed E-state index contributed by atoms with van der Waals surface area (Å²) in [5, 5.41) is 6.80. The zero-order chi connectivity index (χ0) is 15.6. The highest BCUT2D eigenvalue weighted by Crippen LogP contribution is 2.29. The van der Waals surface area contributed by atoms with Gasteiger partial charge in [-0.15, -0.1) is 5.10 Å². The van der Waals surface area contributed by atoms with E-state index in [1.54, 1.807) is 13.8 Å². The lowest BCUT2D eigenvalue weighted by Crippen LogP contribution is -2.15. The highest BCUT2D eigenvalue weighted by atomic mass is 19.4. The van der Waals surface area contributed by atoms with Gasteiger partial charge in [-0.3, -0.25) is 0 Å². The second kappa shape index (κ2) is 5.66. The molecule has 0 aliphatic rings. The Balaban J connectivity index is 2.51. The zero-order valence-corrected chi connectivity index (χ0v) is 11.9. The van der Waals surface area contributed by atoms with E-state index in [2.05, 4.69) is 25.4 Å². The molecular formula is C12H15F3N6. The first-order valence-corrected chi connectivity index (χ1v) is 6.42. The third-order valence-electron chi connectivity index (χ3n) is 2.63. The molecule has 0 aromatic carbocycles. The molecule has 0 unspecified atom stereocenters. The van der Waals surface area contributed by atoms with Crippen LogP contribution >= 0.6 is 0 Å². The molecule has 0 saturated carbocycles. The van der Waals surface area contributed by atoms with Gasteiger partial charge in [0, 0.05) is 12.6 Å². The van der Waals surface area contributed by atoms with E-state index >= 15 is 0 Å². The monoisotopic (exact) mass is 300 g/mol. The van der Waals surface area contributed by atoms with Gasteiger partial charge in [0.25, 0.3) is 0 Å². The lowest BCUT2D eigenvalue weighted by molar-refractivity contribution is -0.141. The van der Waals surface area contributed by atoms with E-state index in [9.17, 15) is 13.2 Å². The summed E-state index contributed by atoms with van der Waals surface area (Å²) >= 11 is 0. The van der Waals surface area contributed by atoms with Crippen LogP contribution in [0.4, 0.5) is 19.1 Å². The van der Waals surface area contributed by atoms with Crippen LogP contribution in [-0.2, 0) is 6.18 Å². The molecule has 2 rings (SSSR count). The highest BCUT2D eigenvalue weighted by molar-refractivity contribution is 5.36. The van der Waals surface area contributed by atoms with Crippen molar-refractivity contribution < 1.29 is 13.2 Å². The number of hydrogen-bond acceptors (Lipinski definition) is 5. The molecule has 2 aromatic rings. The van der Waals surface area contributed by atoms with Crippen molar-refractivity contribution >= 4 is 5.95 Å². The predicted molar refractivity (Wildman–Crippen MR) is 70.2 cm³/mol. The summed E-state index contributed by atoms with van der Waals surface area (Å²) in [6.07, 6.45) is -3.81. The molecule has 9 heteroatoms. The molecular weight excluding hydrogens is 285 g/mol. The van der Waals surface area contributed by atoms with E-state index in [0.717, 1.165) is 12.5 Å². The molecule has 0 fully saturated rings.